The van der Waals surface area contributed by atoms with Crippen molar-refractivity contribution < 1.29 is 14.3 Å². The van der Waals surface area contributed by atoms with Crippen molar-refractivity contribution in [2.45, 2.75) is 18.6 Å². The molecular weight excluding hydrogens is 340 g/mol. The van der Waals surface area contributed by atoms with Gasteiger partial charge in [0.25, 0.3) is 0 Å². The molecule has 4 heterocycles. The molecule has 0 spiro atoms. The topological polar surface area (TPSA) is 86.2 Å². The van der Waals surface area contributed by atoms with Crippen LogP contribution < -0.4 is 10.1 Å². The van der Waals surface area contributed by atoms with E-state index in [1.807, 2.05) is 29.6 Å². The Morgan fingerprint density at radius 2 is 2.24 bits per heavy atom. The minimum absolute atomic E-state index is 0.154. The van der Waals surface area contributed by atoms with Crippen molar-refractivity contribution in [1.29, 1.82) is 0 Å². The highest BCUT2D eigenvalue weighted by molar-refractivity contribution is 7.16. The van der Waals surface area contributed by atoms with Gasteiger partial charge in [-0.3, -0.25) is 9.78 Å². The van der Waals surface area contributed by atoms with E-state index < -0.39 is 0 Å². The van der Waals surface area contributed by atoms with E-state index in [9.17, 15) is 4.79 Å². The smallest absolute Gasteiger partial charge is 0.323 e. The zero-order valence-corrected chi connectivity index (χ0v) is 14.3. The zero-order valence-electron chi connectivity index (χ0n) is 13.5. The van der Waals surface area contributed by atoms with Crippen LogP contribution in [0.5, 0.6) is 5.88 Å². The van der Waals surface area contributed by atoms with Crippen LogP contribution in [0.1, 0.15) is 6.42 Å². The molecule has 1 N–H and O–H groups in total. The highest BCUT2D eigenvalue weighted by Crippen LogP contribution is 2.30. The Morgan fingerprint density at radius 3 is 3.04 bits per heavy atom. The Morgan fingerprint density at radius 1 is 1.32 bits per heavy atom. The predicted octanol–water partition coefficient (Wildman–Crippen LogP) is 2.04. The fourth-order valence-electron chi connectivity index (χ4n) is 2.80. The molecule has 3 aromatic heterocycles. The number of aromatic nitrogens is 3. The van der Waals surface area contributed by atoms with Crippen LogP contribution in [0.15, 0.2) is 35.8 Å². The third kappa shape index (κ3) is 3.18. The summed E-state index contributed by atoms with van der Waals surface area (Å²) in [6, 6.07) is 7.21. The first kappa shape index (κ1) is 15.9. The number of hydrogen-bond acceptors (Lipinski definition) is 8. The normalized spacial score (nSPS) is 19.9. The second-order valence-electron chi connectivity index (χ2n) is 5.67. The molecule has 4 rings (SSSR count). The molecule has 0 saturated carbocycles. The van der Waals surface area contributed by atoms with Gasteiger partial charge in [-0.05, 0) is 23.6 Å². The minimum Gasteiger partial charge on any atom is -0.472 e. The van der Waals surface area contributed by atoms with Gasteiger partial charge >= 0.3 is 5.97 Å². The first-order chi connectivity index (χ1) is 12.2. The average Bonchev–Trinajstić information content (AvgIpc) is 3.31. The number of thiophene rings is 1. The molecule has 0 aliphatic carbocycles. The van der Waals surface area contributed by atoms with Crippen molar-refractivity contribution in [2.24, 2.45) is 0 Å². The van der Waals surface area contributed by atoms with Crippen LogP contribution in [0.3, 0.4) is 0 Å². The Bertz CT molecular complexity index is 899. The van der Waals surface area contributed by atoms with Crippen molar-refractivity contribution in [3.8, 4) is 17.4 Å². The van der Waals surface area contributed by atoms with E-state index in [0.717, 1.165) is 10.2 Å². The maximum absolute atomic E-state index is 11.6. The molecule has 0 bridgehead atoms. The predicted molar refractivity (Wildman–Crippen MR) is 93.5 cm³/mol. The quantitative estimate of drug-likeness (QED) is 0.716. The van der Waals surface area contributed by atoms with E-state index in [4.69, 9.17) is 9.47 Å². The largest absolute Gasteiger partial charge is 0.472 e. The number of esters is 1. The number of methoxy groups -OCH3 is 1. The number of ether oxygens (including phenoxy) is 2. The van der Waals surface area contributed by atoms with E-state index in [2.05, 4.69) is 20.3 Å². The van der Waals surface area contributed by atoms with Gasteiger partial charge in [0.2, 0.25) is 5.88 Å². The molecule has 2 unspecified atom stereocenters. The van der Waals surface area contributed by atoms with Gasteiger partial charge in [0.1, 0.15) is 22.7 Å². The molecule has 25 heavy (non-hydrogen) atoms. The van der Waals surface area contributed by atoms with E-state index in [1.165, 1.54) is 18.4 Å². The lowest BCUT2D eigenvalue weighted by Crippen LogP contribution is -2.31. The van der Waals surface area contributed by atoms with Crippen LogP contribution in [0.25, 0.3) is 21.7 Å². The molecule has 1 fully saturated rings. The lowest BCUT2D eigenvalue weighted by atomic mass is 10.2. The molecule has 0 aromatic carbocycles. The molecule has 1 aliphatic heterocycles. The summed E-state index contributed by atoms with van der Waals surface area (Å²) in [6.07, 6.45) is 2.10. The minimum atomic E-state index is -0.343. The summed E-state index contributed by atoms with van der Waals surface area (Å²) in [4.78, 5) is 25.9. The van der Waals surface area contributed by atoms with E-state index in [-0.39, 0.29) is 18.1 Å². The SMILES string of the molecule is COC(=O)C1CC(Oc2nc(-c3ccccn3)nc3sccc23)CN1. The van der Waals surface area contributed by atoms with E-state index in [1.54, 1.807) is 6.20 Å². The molecule has 1 saturated heterocycles. The molecule has 1 aliphatic rings. The van der Waals surface area contributed by atoms with Crippen LogP contribution in [0.4, 0.5) is 0 Å². The number of fused-ring (bicyclic) bond motifs is 1. The summed E-state index contributed by atoms with van der Waals surface area (Å²) in [7, 11) is 1.39. The first-order valence-corrected chi connectivity index (χ1v) is 8.77. The van der Waals surface area contributed by atoms with Crippen LogP contribution in [0.2, 0.25) is 0 Å². The second kappa shape index (κ2) is 6.73. The van der Waals surface area contributed by atoms with Gasteiger partial charge in [0, 0.05) is 19.2 Å². The lowest BCUT2D eigenvalue weighted by molar-refractivity contribution is -0.142. The van der Waals surface area contributed by atoms with E-state index >= 15 is 0 Å². The highest BCUT2D eigenvalue weighted by atomic mass is 32.1. The van der Waals surface area contributed by atoms with Crippen LogP contribution in [-0.2, 0) is 9.53 Å². The first-order valence-electron chi connectivity index (χ1n) is 7.89. The summed E-state index contributed by atoms with van der Waals surface area (Å²) in [5, 5.41) is 5.94. The third-order valence-electron chi connectivity index (χ3n) is 4.04. The number of nitrogens with one attached hydrogen (secondary N) is 1. The monoisotopic (exact) mass is 356 g/mol. The molecule has 0 radical (unpaired) electrons. The van der Waals surface area contributed by atoms with Gasteiger partial charge in [0.05, 0.1) is 12.5 Å². The van der Waals surface area contributed by atoms with Crippen molar-refractivity contribution in [3.63, 3.8) is 0 Å². The van der Waals surface area contributed by atoms with Crippen molar-refractivity contribution in [2.75, 3.05) is 13.7 Å². The van der Waals surface area contributed by atoms with E-state index in [0.29, 0.717) is 30.4 Å². The Balaban J connectivity index is 1.63. The third-order valence-corrected chi connectivity index (χ3v) is 4.85. The summed E-state index contributed by atoms with van der Waals surface area (Å²) in [5.74, 6) is 0.772. The molecule has 0 amide bonds. The Kier molecular flexibility index (Phi) is 4.29. The summed E-state index contributed by atoms with van der Waals surface area (Å²) >= 11 is 1.53. The average molecular weight is 356 g/mol. The number of nitrogens with zero attached hydrogens (tertiary/aromatic N) is 3. The zero-order chi connectivity index (χ0) is 17.2. The van der Waals surface area contributed by atoms with Gasteiger partial charge in [-0.1, -0.05) is 6.07 Å². The van der Waals surface area contributed by atoms with Crippen molar-refractivity contribution in [3.05, 3.63) is 35.8 Å². The van der Waals surface area contributed by atoms with Crippen LogP contribution >= 0.6 is 11.3 Å². The van der Waals surface area contributed by atoms with Crippen molar-refractivity contribution in [1.82, 2.24) is 20.3 Å². The van der Waals surface area contributed by atoms with Gasteiger partial charge < -0.3 is 14.8 Å². The molecule has 8 heteroatoms. The number of hydrogen-bond donors (Lipinski definition) is 1. The maximum atomic E-state index is 11.6. The fraction of sp³-hybridized carbons (Fsp3) is 0.294. The summed E-state index contributed by atoms with van der Waals surface area (Å²) in [5.41, 5.74) is 0.694. The highest BCUT2D eigenvalue weighted by Gasteiger charge is 2.32. The molecule has 3 aromatic rings. The van der Waals surface area contributed by atoms with Gasteiger partial charge in [-0.25, -0.2) is 4.98 Å². The lowest BCUT2D eigenvalue weighted by Gasteiger charge is -2.13. The van der Waals surface area contributed by atoms with Crippen molar-refractivity contribution >= 4 is 27.5 Å². The fourth-order valence-corrected chi connectivity index (χ4v) is 3.55. The van der Waals surface area contributed by atoms with Gasteiger partial charge in [0.15, 0.2) is 5.82 Å². The number of carbonyl (C=O) groups excluding carboxylic acids is 1. The molecule has 2 atom stereocenters. The van der Waals surface area contributed by atoms with Crippen LogP contribution in [-0.4, -0.2) is 46.7 Å². The number of carbonyl (C=O) groups is 1. The molecule has 128 valence electrons. The number of pyridine rings is 1. The standard InChI is InChI=1S/C17H16N4O3S/c1-23-17(22)13-8-10(9-19-13)24-15-11-5-7-25-16(11)21-14(20-15)12-4-2-3-6-18-12/h2-7,10,13,19H,8-9H2,1H3. The number of rotatable bonds is 4. The Labute approximate surface area is 148 Å². The van der Waals surface area contributed by atoms with Gasteiger partial charge in [-0.15, -0.1) is 11.3 Å². The summed E-state index contributed by atoms with van der Waals surface area (Å²) in [6.45, 7) is 0.564. The second-order valence-corrected chi connectivity index (χ2v) is 6.56. The maximum Gasteiger partial charge on any atom is 0.323 e. The molecule has 7 nitrogen and oxygen atoms in total. The Hall–Kier alpha value is -2.58. The van der Waals surface area contributed by atoms with Crippen LogP contribution in [0, 0.1) is 0 Å². The molecular formula is C17H16N4O3S. The van der Waals surface area contributed by atoms with Gasteiger partial charge in [-0.2, -0.15) is 4.98 Å². The summed E-state index contributed by atoms with van der Waals surface area (Å²) < 4.78 is 10.9.